The average Bonchev–Trinajstić information content (AvgIpc) is 2.35. The average molecular weight is 305 g/mol. The summed E-state index contributed by atoms with van der Waals surface area (Å²) in [6.07, 6.45) is 9.58. The van der Waals surface area contributed by atoms with Crippen LogP contribution in [0.15, 0.2) is 24.3 Å². The summed E-state index contributed by atoms with van der Waals surface area (Å²) in [5, 5.41) is 0. The summed E-state index contributed by atoms with van der Waals surface area (Å²) in [5.74, 6) is 2.81. The van der Waals surface area contributed by atoms with Crippen molar-refractivity contribution in [2.45, 2.75) is 43.9 Å². The van der Waals surface area contributed by atoms with Crippen molar-refractivity contribution < 1.29 is 8.42 Å². The Morgan fingerprint density at radius 2 is 1.43 bits per heavy atom. The van der Waals surface area contributed by atoms with Crippen LogP contribution in [0.3, 0.4) is 0 Å². The Balaban J connectivity index is 1.62. The highest BCUT2D eigenvalue weighted by atomic mass is 32.2. The van der Waals surface area contributed by atoms with E-state index in [2.05, 4.69) is 16.9 Å². The molecule has 0 radical (unpaired) electrons. The highest BCUT2D eigenvalue weighted by Crippen LogP contribution is 2.60. The Morgan fingerprint density at radius 3 is 1.86 bits per heavy atom. The predicted molar refractivity (Wildman–Crippen MR) is 84.8 cm³/mol. The van der Waals surface area contributed by atoms with E-state index >= 15 is 0 Å². The molecule has 4 heteroatoms. The first-order valence-corrected chi connectivity index (χ1v) is 9.89. The van der Waals surface area contributed by atoms with Gasteiger partial charge in [0.1, 0.15) is 0 Å². The van der Waals surface area contributed by atoms with Gasteiger partial charge < -0.3 is 0 Å². The van der Waals surface area contributed by atoms with Gasteiger partial charge in [-0.05, 0) is 79.4 Å². The molecule has 4 bridgehead atoms. The summed E-state index contributed by atoms with van der Waals surface area (Å²) >= 11 is 0. The molecule has 3 nitrogen and oxygen atoms in total. The lowest BCUT2D eigenvalue weighted by Gasteiger charge is -2.57. The fraction of sp³-hybridized carbons (Fsp3) is 0.647. The van der Waals surface area contributed by atoms with E-state index in [9.17, 15) is 8.42 Å². The minimum Gasteiger partial charge on any atom is -0.284 e. The van der Waals surface area contributed by atoms with Gasteiger partial charge in [0.2, 0.25) is 10.0 Å². The van der Waals surface area contributed by atoms with E-state index in [1.165, 1.54) is 50.3 Å². The monoisotopic (exact) mass is 305 g/mol. The maximum Gasteiger partial charge on any atom is 0.229 e. The molecular weight excluding hydrogens is 282 g/mol. The van der Waals surface area contributed by atoms with Gasteiger partial charge in [0.25, 0.3) is 0 Å². The molecule has 0 atom stereocenters. The number of sulfonamides is 1. The minimum absolute atomic E-state index is 0.387. The summed E-state index contributed by atoms with van der Waals surface area (Å²) in [6, 6.07) is 8.16. The molecule has 4 aliphatic carbocycles. The van der Waals surface area contributed by atoms with Crippen molar-refractivity contribution in [2.75, 3.05) is 11.0 Å². The molecule has 0 unspecified atom stereocenters. The molecule has 1 aromatic rings. The van der Waals surface area contributed by atoms with Crippen molar-refractivity contribution >= 4 is 15.7 Å². The Hall–Kier alpha value is -1.03. The maximum atomic E-state index is 11.3. The maximum absolute atomic E-state index is 11.3. The fourth-order valence-corrected chi connectivity index (χ4v) is 6.13. The molecule has 0 aliphatic heterocycles. The molecule has 1 N–H and O–H groups in total. The molecular formula is C17H23NO2S. The predicted octanol–water partition coefficient (Wildman–Crippen LogP) is 3.53. The van der Waals surface area contributed by atoms with Gasteiger partial charge in [-0.3, -0.25) is 4.72 Å². The standard InChI is InChI=1S/C17H23NO2S/c1-21(19,20)18-16-4-2-15(3-5-16)17-9-12-6-13(10-17)8-14(7-12)11-17/h2-5,12-14,18H,6-11H2,1H3. The summed E-state index contributed by atoms with van der Waals surface area (Å²) in [4.78, 5) is 0. The van der Waals surface area contributed by atoms with Gasteiger partial charge in [-0.15, -0.1) is 0 Å². The van der Waals surface area contributed by atoms with E-state index in [1.54, 1.807) is 0 Å². The molecule has 4 aliphatic rings. The SMILES string of the molecule is CS(=O)(=O)Nc1ccc(C23CC4CC(CC(C4)C2)C3)cc1. The van der Waals surface area contributed by atoms with Gasteiger partial charge in [-0.2, -0.15) is 0 Å². The Bertz CT molecular complexity index is 613. The normalized spacial score (nSPS) is 37.7. The molecule has 1 aromatic carbocycles. The minimum atomic E-state index is -3.18. The van der Waals surface area contributed by atoms with E-state index in [1.807, 2.05) is 12.1 Å². The number of rotatable bonds is 3. The van der Waals surface area contributed by atoms with Crippen molar-refractivity contribution in [1.82, 2.24) is 0 Å². The summed E-state index contributed by atoms with van der Waals surface area (Å²) in [7, 11) is -3.18. The number of hydrogen-bond acceptors (Lipinski definition) is 2. The van der Waals surface area contributed by atoms with Crippen LogP contribution in [0.1, 0.15) is 44.1 Å². The van der Waals surface area contributed by atoms with Crippen LogP contribution in [0.4, 0.5) is 5.69 Å². The second-order valence-corrected chi connectivity index (χ2v) is 9.40. The molecule has 0 aromatic heterocycles. The zero-order chi connectivity index (χ0) is 14.7. The largest absolute Gasteiger partial charge is 0.284 e. The smallest absolute Gasteiger partial charge is 0.229 e. The topological polar surface area (TPSA) is 46.2 Å². The van der Waals surface area contributed by atoms with Crippen LogP contribution in [0.2, 0.25) is 0 Å². The van der Waals surface area contributed by atoms with Crippen molar-refractivity contribution in [3.05, 3.63) is 29.8 Å². The highest BCUT2D eigenvalue weighted by Gasteiger charge is 2.51. The van der Waals surface area contributed by atoms with Crippen molar-refractivity contribution in [1.29, 1.82) is 0 Å². The summed E-state index contributed by atoms with van der Waals surface area (Å²) in [5.41, 5.74) is 2.49. The first-order chi connectivity index (χ1) is 9.92. The van der Waals surface area contributed by atoms with E-state index in [0.717, 1.165) is 17.8 Å². The number of hydrogen-bond donors (Lipinski definition) is 1. The van der Waals surface area contributed by atoms with E-state index in [-0.39, 0.29) is 0 Å². The van der Waals surface area contributed by atoms with Crippen LogP contribution in [-0.4, -0.2) is 14.7 Å². The van der Waals surface area contributed by atoms with Gasteiger partial charge in [-0.25, -0.2) is 8.42 Å². The van der Waals surface area contributed by atoms with Crippen LogP contribution < -0.4 is 4.72 Å². The first-order valence-electron chi connectivity index (χ1n) is 8.00. The summed E-state index contributed by atoms with van der Waals surface area (Å²) < 4.78 is 25.1. The quantitative estimate of drug-likeness (QED) is 0.928. The second-order valence-electron chi connectivity index (χ2n) is 7.65. The zero-order valence-electron chi connectivity index (χ0n) is 12.5. The lowest BCUT2D eigenvalue weighted by molar-refractivity contribution is -0.00518. The Kier molecular flexibility index (Phi) is 2.91. The highest BCUT2D eigenvalue weighted by molar-refractivity contribution is 7.92. The molecule has 4 saturated carbocycles. The molecule has 21 heavy (non-hydrogen) atoms. The zero-order valence-corrected chi connectivity index (χ0v) is 13.3. The lowest BCUT2D eigenvalue weighted by Crippen LogP contribution is -2.48. The van der Waals surface area contributed by atoms with Gasteiger partial charge >= 0.3 is 0 Å². The van der Waals surface area contributed by atoms with Gasteiger partial charge in [0.05, 0.1) is 6.26 Å². The first kappa shape index (κ1) is 13.6. The molecule has 114 valence electrons. The third-order valence-corrected chi connectivity index (χ3v) is 6.45. The molecule has 4 fully saturated rings. The molecule has 0 spiro atoms. The van der Waals surface area contributed by atoms with Crippen LogP contribution in [0.5, 0.6) is 0 Å². The van der Waals surface area contributed by atoms with Gasteiger partial charge in [0, 0.05) is 5.69 Å². The van der Waals surface area contributed by atoms with Crippen LogP contribution in [0.25, 0.3) is 0 Å². The third kappa shape index (κ3) is 2.48. The molecule has 0 amide bonds. The summed E-state index contributed by atoms with van der Waals surface area (Å²) in [6.45, 7) is 0. The van der Waals surface area contributed by atoms with Gasteiger partial charge in [0.15, 0.2) is 0 Å². The van der Waals surface area contributed by atoms with Crippen molar-refractivity contribution in [3.8, 4) is 0 Å². The molecule has 5 rings (SSSR count). The Labute approximate surface area is 127 Å². The number of benzene rings is 1. The second kappa shape index (κ2) is 4.48. The molecule has 0 heterocycles. The van der Waals surface area contributed by atoms with Gasteiger partial charge in [-0.1, -0.05) is 12.1 Å². The van der Waals surface area contributed by atoms with Crippen LogP contribution >= 0.6 is 0 Å². The van der Waals surface area contributed by atoms with Crippen molar-refractivity contribution in [3.63, 3.8) is 0 Å². The van der Waals surface area contributed by atoms with Crippen molar-refractivity contribution in [2.24, 2.45) is 17.8 Å². The number of anilines is 1. The molecule has 0 saturated heterocycles. The number of nitrogens with one attached hydrogen (secondary N) is 1. The van der Waals surface area contributed by atoms with E-state index in [4.69, 9.17) is 0 Å². The van der Waals surface area contributed by atoms with Crippen LogP contribution in [0, 0.1) is 17.8 Å². The Morgan fingerprint density at radius 1 is 0.952 bits per heavy atom. The van der Waals surface area contributed by atoms with E-state index in [0.29, 0.717) is 11.1 Å². The van der Waals surface area contributed by atoms with Crippen LogP contribution in [-0.2, 0) is 15.4 Å². The third-order valence-electron chi connectivity index (χ3n) is 5.84. The lowest BCUT2D eigenvalue weighted by atomic mass is 9.48. The fourth-order valence-electron chi connectivity index (χ4n) is 5.57. The van der Waals surface area contributed by atoms with E-state index < -0.39 is 10.0 Å².